The molecule has 3 heterocycles. The van der Waals surface area contributed by atoms with Crippen LogP contribution in [-0.2, 0) is 0 Å². The number of imidazole rings is 1. The Balaban J connectivity index is 1.48. The Morgan fingerprint density at radius 2 is 2.07 bits per heavy atom. The number of likely N-dealkylation sites (tertiary alicyclic amines) is 1. The van der Waals surface area contributed by atoms with Crippen LogP contribution in [0.1, 0.15) is 22.6 Å². The number of methoxy groups -OCH3 is 1. The average Bonchev–Trinajstić information content (AvgIpc) is 3.35. The smallest absolute Gasteiger partial charge is 0.274 e. The summed E-state index contributed by atoms with van der Waals surface area (Å²) < 4.78 is 5.29. The third-order valence-corrected chi connectivity index (χ3v) is 5.55. The lowest BCUT2D eigenvalue weighted by Gasteiger charge is -2.32. The summed E-state index contributed by atoms with van der Waals surface area (Å²) in [6.45, 7) is 7.70. The standard InChI is InChI=1S/C20H27N5O2/c1-14-18(23-19(22-14)15-4-3-5-17(12-15)27-2)20(26)25-9-6-16(13-25)24-10-7-21-8-11-24/h3-5,12,16,21H,6-11,13H2,1-2H3,(H,22,23). The number of hydrogen-bond acceptors (Lipinski definition) is 5. The van der Waals surface area contributed by atoms with Gasteiger partial charge in [0.1, 0.15) is 17.3 Å². The van der Waals surface area contributed by atoms with Gasteiger partial charge < -0.3 is 19.9 Å². The number of aromatic amines is 1. The number of hydrogen-bond donors (Lipinski definition) is 2. The summed E-state index contributed by atoms with van der Waals surface area (Å²) in [4.78, 5) is 25.4. The number of rotatable bonds is 4. The molecule has 2 fully saturated rings. The zero-order valence-corrected chi connectivity index (χ0v) is 16.0. The number of aryl methyl sites for hydroxylation is 1. The van der Waals surface area contributed by atoms with Gasteiger partial charge in [-0.2, -0.15) is 0 Å². The molecular weight excluding hydrogens is 342 g/mol. The Hall–Kier alpha value is -2.38. The Labute approximate surface area is 159 Å². The highest BCUT2D eigenvalue weighted by Gasteiger charge is 2.32. The van der Waals surface area contributed by atoms with Gasteiger partial charge in [-0.05, 0) is 25.5 Å². The maximum atomic E-state index is 13.1. The van der Waals surface area contributed by atoms with Crippen LogP contribution in [0.5, 0.6) is 5.75 Å². The minimum atomic E-state index is 0.0236. The first-order valence-electron chi connectivity index (χ1n) is 9.61. The van der Waals surface area contributed by atoms with Crippen molar-refractivity contribution in [3.05, 3.63) is 35.7 Å². The number of amides is 1. The molecule has 0 spiro atoms. The second kappa shape index (κ2) is 7.70. The van der Waals surface area contributed by atoms with Crippen molar-refractivity contribution < 1.29 is 9.53 Å². The number of ether oxygens (including phenoxy) is 1. The number of aromatic nitrogens is 2. The van der Waals surface area contributed by atoms with Crippen molar-refractivity contribution in [2.24, 2.45) is 0 Å². The van der Waals surface area contributed by atoms with Gasteiger partial charge in [-0.1, -0.05) is 12.1 Å². The molecule has 1 unspecified atom stereocenters. The fraction of sp³-hybridized carbons (Fsp3) is 0.500. The molecule has 1 atom stereocenters. The molecule has 0 saturated carbocycles. The molecule has 1 amide bonds. The van der Waals surface area contributed by atoms with Gasteiger partial charge in [0.15, 0.2) is 0 Å². The first-order chi connectivity index (χ1) is 13.2. The number of nitrogens with one attached hydrogen (secondary N) is 2. The predicted molar refractivity (Wildman–Crippen MR) is 104 cm³/mol. The molecule has 2 aromatic rings. The molecule has 27 heavy (non-hydrogen) atoms. The quantitative estimate of drug-likeness (QED) is 0.855. The van der Waals surface area contributed by atoms with Gasteiger partial charge in [-0.25, -0.2) is 4.98 Å². The normalized spacial score (nSPS) is 20.8. The number of nitrogens with zero attached hydrogens (tertiary/aromatic N) is 3. The van der Waals surface area contributed by atoms with E-state index in [1.165, 1.54) is 0 Å². The van der Waals surface area contributed by atoms with Gasteiger partial charge in [0.05, 0.1) is 7.11 Å². The molecule has 144 valence electrons. The van der Waals surface area contributed by atoms with E-state index < -0.39 is 0 Å². The molecule has 4 rings (SSSR count). The first kappa shape index (κ1) is 18.0. The second-order valence-electron chi connectivity index (χ2n) is 7.27. The molecule has 0 bridgehead atoms. The summed E-state index contributed by atoms with van der Waals surface area (Å²) in [6, 6.07) is 8.17. The number of piperazine rings is 1. The van der Waals surface area contributed by atoms with E-state index in [-0.39, 0.29) is 5.91 Å². The van der Waals surface area contributed by atoms with Gasteiger partial charge in [0, 0.05) is 56.6 Å². The van der Waals surface area contributed by atoms with Gasteiger partial charge in [-0.3, -0.25) is 9.69 Å². The van der Waals surface area contributed by atoms with Crippen LogP contribution in [-0.4, -0.2) is 78.1 Å². The van der Waals surface area contributed by atoms with Gasteiger partial charge >= 0.3 is 0 Å². The van der Waals surface area contributed by atoms with Crippen molar-refractivity contribution in [3.8, 4) is 17.1 Å². The lowest BCUT2D eigenvalue weighted by Crippen LogP contribution is -2.49. The highest BCUT2D eigenvalue weighted by atomic mass is 16.5. The second-order valence-corrected chi connectivity index (χ2v) is 7.27. The maximum Gasteiger partial charge on any atom is 0.274 e. The number of carbonyl (C=O) groups excluding carboxylic acids is 1. The summed E-state index contributed by atoms with van der Waals surface area (Å²) in [6.07, 6.45) is 1.04. The summed E-state index contributed by atoms with van der Waals surface area (Å²) in [5.41, 5.74) is 2.24. The average molecular weight is 369 g/mol. The van der Waals surface area contributed by atoms with Crippen LogP contribution < -0.4 is 10.1 Å². The molecule has 2 aliphatic rings. The minimum absolute atomic E-state index is 0.0236. The largest absolute Gasteiger partial charge is 0.497 e. The van der Waals surface area contributed by atoms with E-state index >= 15 is 0 Å². The van der Waals surface area contributed by atoms with Crippen LogP contribution in [0.15, 0.2) is 24.3 Å². The highest BCUT2D eigenvalue weighted by molar-refractivity contribution is 5.94. The monoisotopic (exact) mass is 369 g/mol. The zero-order chi connectivity index (χ0) is 18.8. The van der Waals surface area contributed by atoms with E-state index in [0.29, 0.717) is 17.6 Å². The fourth-order valence-electron chi connectivity index (χ4n) is 4.00. The van der Waals surface area contributed by atoms with Gasteiger partial charge in [-0.15, -0.1) is 0 Å². The van der Waals surface area contributed by atoms with Crippen molar-refractivity contribution in [2.75, 3.05) is 46.4 Å². The number of H-pyrrole nitrogens is 1. The van der Waals surface area contributed by atoms with E-state index in [1.807, 2.05) is 36.1 Å². The molecule has 1 aromatic carbocycles. The van der Waals surface area contributed by atoms with Crippen molar-refractivity contribution in [3.63, 3.8) is 0 Å². The summed E-state index contributed by atoms with van der Waals surface area (Å²) >= 11 is 0. The van der Waals surface area contributed by atoms with Crippen LogP contribution in [0.2, 0.25) is 0 Å². The molecule has 1 aromatic heterocycles. The number of benzene rings is 1. The van der Waals surface area contributed by atoms with Crippen molar-refractivity contribution in [2.45, 2.75) is 19.4 Å². The van der Waals surface area contributed by atoms with E-state index in [0.717, 1.165) is 62.7 Å². The predicted octanol–water partition coefficient (Wildman–Crippen LogP) is 1.51. The third kappa shape index (κ3) is 3.70. The van der Waals surface area contributed by atoms with E-state index in [1.54, 1.807) is 7.11 Å². The van der Waals surface area contributed by atoms with Crippen molar-refractivity contribution >= 4 is 5.91 Å². The third-order valence-electron chi connectivity index (χ3n) is 5.55. The summed E-state index contributed by atoms with van der Waals surface area (Å²) in [5.74, 6) is 1.50. The lowest BCUT2D eigenvalue weighted by atomic mass is 10.2. The summed E-state index contributed by atoms with van der Waals surface area (Å²) in [5, 5.41) is 3.39. The fourth-order valence-corrected chi connectivity index (χ4v) is 4.00. The lowest BCUT2D eigenvalue weighted by molar-refractivity contribution is 0.0767. The summed E-state index contributed by atoms with van der Waals surface area (Å²) in [7, 11) is 1.64. The number of carbonyl (C=O) groups is 1. The van der Waals surface area contributed by atoms with Gasteiger partial charge in [0.25, 0.3) is 5.91 Å². The van der Waals surface area contributed by atoms with Crippen molar-refractivity contribution in [1.29, 1.82) is 0 Å². The Morgan fingerprint density at radius 1 is 1.26 bits per heavy atom. The van der Waals surface area contributed by atoms with Crippen LogP contribution >= 0.6 is 0 Å². The molecule has 7 nitrogen and oxygen atoms in total. The maximum absolute atomic E-state index is 13.1. The Bertz CT molecular complexity index is 812. The van der Waals surface area contributed by atoms with E-state index in [2.05, 4.69) is 20.2 Å². The Morgan fingerprint density at radius 3 is 2.85 bits per heavy atom. The minimum Gasteiger partial charge on any atom is -0.497 e. The van der Waals surface area contributed by atoms with Crippen LogP contribution in [0.4, 0.5) is 0 Å². The van der Waals surface area contributed by atoms with Gasteiger partial charge in [0.2, 0.25) is 0 Å². The van der Waals surface area contributed by atoms with E-state index in [9.17, 15) is 4.79 Å². The highest BCUT2D eigenvalue weighted by Crippen LogP contribution is 2.24. The molecule has 2 aliphatic heterocycles. The molecule has 7 heteroatoms. The molecule has 2 N–H and O–H groups in total. The van der Waals surface area contributed by atoms with Crippen molar-refractivity contribution in [1.82, 2.24) is 25.1 Å². The van der Waals surface area contributed by atoms with Crippen LogP contribution in [0, 0.1) is 6.92 Å². The molecule has 0 aliphatic carbocycles. The first-order valence-corrected chi connectivity index (χ1v) is 9.61. The van der Waals surface area contributed by atoms with E-state index in [4.69, 9.17) is 4.74 Å². The molecule has 0 radical (unpaired) electrons. The topological polar surface area (TPSA) is 73.5 Å². The SMILES string of the molecule is COc1cccc(-c2nc(C(=O)N3CCC(N4CCNCC4)C3)c(C)[nH]2)c1. The zero-order valence-electron chi connectivity index (χ0n) is 16.0. The Kier molecular flexibility index (Phi) is 5.13. The molecular formula is C20H27N5O2. The molecule has 2 saturated heterocycles. The van der Waals surface area contributed by atoms with Crippen LogP contribution in [0.25, 0.3) is 11.4 Å². The van der Waals surface area contributed by atoms with Crippen LogP contribution in [0.3, 0.4) is 0 Å².